The lowest BCUT2D eigenvalue weighted by Crippen LogP contribution is -1.97. The van der Waals surface area contributed by atoms with Gasteiger partial charge in [0.1, 0.15) is 0 Å². The van der Waals surface area contributed by atoms with E-state index < -0.39 is 0 Å². The molecular weight excluding hydrogens is 132 g/mol. The van der Waals surface area contributed by atoms with Crippen molar-refractivity contribution in [3.8, 4) is 0 Å². The minimum absolute atomic E-state index is 0.0973. The fraction of sp³-hybridized carbons (Fsp3) is 0.857. The molecule has 0 aromatic rings. The second-order valence-electron chi connectivity index (χ2n) is 2.10. The van der Waals surface area contributed by atoms with Crippen molar-refractivity contribution in [2.24, 2.45) is 0 Å². The molecule has 3 nitrogen and oxygen atoms in total. The highest BCUT2D eigenvalue weighted by Crippen LogP contribution is 1.97. The highest BCUT2D eigenvalue weighted by atomic mass is 16.3. The fourth-order valence-corrected chi connectivity index (χ4v) is 0.500. The minimum Gasteiger partial charge on any atom is -0.483 e. The molecule has 0 radical (unpaired) electrons. The summed E-state index contributed by atoms with van der Waals surface area (Å²) in [7, 11) is 0. The molecule has 0 rings (SSSR count). The summed E-state index contributed by atoms with van der Waals surface area (Å²) in [5.74, 6) is 0. The number of carboxylic acid groups (broad SMARTS) is 1. The molecule has 2 N–H and O–H groups in total. The van der Waals surface area contributed by atoms with Crippen LogP contribution in [0, 0.1) is 0 Å². The molecule has 0 spiro atoms. The van der Waals surface area contributed by atoms with Crippen LogP contribution in [0.15, 0.2) is 0 Å². The van der Waals surface area contributed by atoms with Gasteiger partial charge >= 0.3 is 0 Å². The van der Waals surface area contributed by atoms with Crippen molar-refractivity contribution in [1.82, 2.24) is 0 Å². The smallest absolute Gasteiger partial charge is 0.290 e. The van der Waals surface area contributed by atoms with Gasteiger partial charge in [0.25, 0.3) is 6.47 Å². The molecule has 0 fully saturated rings. The normalized spacial score (nSPS) is 11.1. The first-order valence-electron chi connectivity index (χ1n) is 3.44. The third-order valence-corrected chi connectivity index (χ3v) is 0.975. The van der Waals surface area contributed by atoms with Gasteiger partial charge in [-0.2, -0.15) is 0 Å². The van der Waals surface area contributed by atoms with Crippen LogP contribution in [0.25, 0.3) is 0 Å². The number of rotatable bonds is 3. The molecule has 0 saturated heterocycles. The van der Waals surface area contributed by atoms with Crippen LogP contribution in [0.3, 0.4) is 0 Å². The number of aliphatic hydroxyl groups is 1. The van der Waals surface area contributed by atoms with E-state index in [1.807, 2.05) is 6.92 Å². The summed E-state index contributed by atoms with van der Waals surface area (Å²) in [6.07, 6.45) is 3.19. The first-order valence-corrected chi connectivity index (χ1v) is 3.44. The molecule has 3 heteroatoms. The molecule has 0 aromatic carbocycles. The second kappa shape index (κ2) is 11.3. The molecule has 0 aromatic heterocycles. The van der Waals surface area contributed by atoms with Gasteiger partial charge in [-0.1, -0.05) is 19.8 Å². The second-order valence-corrected chi connectivity index (χ2v) is 2.10. The monoisotopic (exact) mass is 148 g/mol. The topological polar surface area (TPSA) is 57.5 Å². The van der Waals surface area contributed by atoms with E-state index in [4.69, 9.17) is 15.0 Å². The summed E-state index contributed by atoms with van der Waals surface area (Å²) in [6, 6.07) is 0. The predicted molar refractivity (Wildman–Crippen MR) is 39.9 cm³/mol. The molecule has 0 amide bonds. The molecule has 0 aliphatic carbocycles. The van der Waals surface area contributed by atoms with Gasteiger partial charge in [0.15, 0.2) is 0 Å². The SMILES string of the molecule is CCCCC(C)O.O=CO. The van der Waals surface area contributed by atoms with E-state index in [0.717, 1.165) is 12.8 Å². The maximum absolute atomic E-state index is 8.68. The van der Waals surface area contributed by atoms with E-state index in [1.54, 1.807) is 0 Å². The molecule has 0 aliphatic rings. The van der Waals surface area contributed by atoms with Gasteiger partial charge in [0.2, 0.25) is 0 Å². The van der Waals surface area contributed by atoms with Crippen molar-refractivity contribution in [2.45, 2.75) is 39.2 Å². The number of hydrogen-bond acceptors (Lipinski definition) is 2. The standard InChI is InChI=1S/C6H14O.CH2O2/c1-3-4-5-6(2)7;2-1-3/h6-7H,3-5H2,1-2H3;1H,(H,2,3). The first-order chi connectivity index (χ1) is 4.68. The Kier molecular flexibility index (Phi) is 13.7. The Labute approximate surface area is 61.7 Å². The molecule has 62 valence electrons. The maximum atomic E-state index is 8.68. The van der Waals surface area contributed by atoms with E-state index in [9.17, 15) is 0 Å². The molecule has 1 atom stereocenters. The number of unbranched alkanes of at least 4 members (excludes halogenated alkanes) is 1. The lowest BCUT2D eigenvalue weighted by atomic mass is 10.2. The van der Waals surface area contributed by atoms with Crippen molar-refractivity contribution in [2.75, 3.05) is 0 Å². The van der Waals surface area contributed by atoms with Gasteiger partial charge in [0.05, 0.1) is 6.10 Å². The van der Waals surface area contributed by atoms with Gasteiger partial charge in [-0.05, 0) is 13.3 Å². The van der Waals surface area contributed by atoms with Crippen LogP contribution in [0.2, 0.25) is 0 Å². The Morgan fingerprint density at radius 3 is 2.10 bits per heavy atom. The molecular formula is C7H16O3. The van der Waals surface area contributed by atoms with E-state index in [0.29, 0.717) is 0 Å². The number of aliphatic hydroxyl groups excluding tert-OH is 1. The zero-order valence-corrected chi connectivity index (χ0v) is 6.58. The molecule has 10 heavy (non-hydrogen) atoms. The number of carbonyl (C=O) groups is 1. The first kappa shape index (κ1) is 12.1. The van der Waals surface area contributed by atoms with E-state index >= 15 is 0 Å². The number of hydrogen-bond donors (Lipinski definition) is 2. The van der Waals surface area contributed by atoms with Crippen LogP contribution in [-0.2, 0) is 4.79 Å². The van der Waals surface area contributed by atoms with Crippen molar-refractivity contribution in [1.29, 1.82) is 0 Å². The Bertz CT molecular complexity index is 61.9. The summed E-state index contributed by atoms with van der Waals surface area (Å²) in [6.45, 7) is 3.71. The van der Waals surface area contributed by atoms with E-state index in [-0.39, 0.29) is 12.6 Å². The zero-order chi connectivity index (χ0) is 8.41. The van der Waals surface area contributed by atoms with Crippen LogP contribution in [0.1, 0.15) is 33.1 Å². The summed E-state index contributed by atoms with van der Waals surface area (Å²) in [5.41, 5.74) is 0. The van der Waals surface area contributed by atoms with Crippen molar-refractivity contribution in [3.63, 3.8) is 0 Å². The zero-order valence-electron chi connectivity index (χ0n) is 6.58. The average Bonchev–Trinajstić information content (AvgIpc) is 1.85. The summed E-state index contributed by atoms with van der Waals surface area (Å²) >= 11 is 0. The largest absolute Gasteiger partial charge is 0.483 e. The lowest BCUT2D eigenvalue weighted by Gasteiger charge is -1.98. The van der Waals surface area contributed by atoms with Gasteiger partial charge < -0.3 is 10.2 Å². The van der Waals surface area contributed by atoms with E-state index in [2.05, 4.69) is 6.92 Å². The Balaban J connectivity index is 0. The van der Waals surface area contributed by atoms with Gasteiger partial charge in [-0.25, -0.2) is 0 Å². The van der Waals surface area contributed by atoms with Gasteiger partial charge in [-0.3, -0.25) is 4.79 Å². The van der Waals surface area contributed by atoms with Crippen LogP contribution in [0.5, 0.6) is 0 Å². The van der Waals surface area contributed by atoms with Crippen LogP contribution >= 0.6 is 0 Å². The lowest BCUT2D eigenvalue weighted by molar-refractivity contribution is -0.122. The molecule has 0 bridgehead atoms. The summed E-state index contributed by atoms with van der Waals surface area (Å²) < 4.78 is 0. The third-order valence-electron chi connectivity index (χ3n) is 0.975. The Morgan fingerprint density at radius 1 is 1.60 bits per heavy atom. The Morgan fingerprint density at radius 2 is 2.00 bits per heavy atom. The third kappa shape index (κ3) is 26.1. The highest BCUT2D eigenvalue weighted by Gasteiger charge is 1.90. The molecule has 0 aliphatic heterocycles. The quantitative estimate of drug-likeness (QED) is 0.592. The average molecular weight is 148 g/mol. The van der Waals surface area contributed by atoms with Crippen molar-refractivity contribution < 1.29 is 15.0 Å². The van der Waals surface area contributed by atoms with Crippen LogP contribution in [0.4, 0.5) is 0 Å². The summed E-state index contributed by atoms with van der Waals surface area (Å²) in [4.78, 5) is 8.36. The van der Waals surface area contributed by atoms with Crippen molar-refractivity contribution in [3.05, 3.63) is 0 Å². The Hall–Kier alpha value is -0.570. The van der Waals surface area contributed by atoms with Crippen LogP contribution in [-0.4, -0.2) is 22.8 Å². The predicted octanol–water partition coefficient (Wildman–Crippen LogP) is 1.26. The molecule has 0 heterocycles. The van der Waals surface area contributed by atoms with Crippen molar-refractivity contribution >= 4 is 6.47 Å². The maximum Gasteiger partial charge on any atom is 0.290 e. The van der Waals surface area contributed by atoms with Gasteiger partial charge in [-0.15, -0.1) is 0 Å². The molecule has 0 saturated carbocycles. The minimum atomic E-state index is -0.250. The van der Waals surface area contributed by atoms with Crippen LogP contribution < -0.4 is 0 Å². The summed E-state index contributed by atoms with van der Waals surface area (Å²) in [5, 5.41) is 15.6. The van der Waals surface area contributed by atoms with E-state index in [1.165, 1.54) is 6.42 Å². The highest BCUT2D eigenvalue weighted by molar-refractivity contribution is 5.32. The molecule has 1 unspecified atom stereocenters. The van der Waals surface area contributed by atoms with Gasteiger partial charge in [0, 0.05) is 0 Å². The fourth-order valence-electron chi connectivity index (χ4n) is 0.500.